The van der Waals surface area contributed by atoms with Gasteiger partial charge in [-0.25, -0.2) is 0 Å². The van der Waals surface area contributed by atoms with Gasteiger partial charge in [0.2, 0.25) is 0 Å². The molecule has 1 fully saturated rings. The van der Waals surface area contributed by atoms with E-state index in [-0.39, 0.29) is 0 Å². The van der Waals surface area contributed by atoms with E-state index in [0.29, 0.717) is 6.04 Å². The zero-order valence-electron chi connectivity index (χ0n) is 19.2. The lowest BCUT2D eigenvalue weighted by atomic mass is 10.2. The number of aliphatic imine (C=N–C) groups is 1. The first-order chi connectivity index (χ1) is 15.2. The van der Waals surface area contributed by atoms with Gasteiger partial charge in [-0.2, -0.15) is 0 Å². The van der Waals surface area contributed by atoms with Crippen LogP contribution in [0.2, 0.25) is 0 Å². The Morgan fingerprint density at radius 2 is 1.90 bits per heavy atom. The molecule has 0 radical (unpaired) electrons. The van der Waals surface area contributed by atoms with Gasteiger partial charge in [0.25, 0.3) is 0 Å². The number of piperazine rings is 1. The summed E-state index contributed by atoms with van der Waals surface area (Å²) in [5, 5.41) is 11.8. The van der Waals surface area contributed by atoms with Crippen molar-refractivity contribution in [3.8, 4) is 5.75 Å². The minimum atomic E-state index is 0.400. The molecule has 1 atom stereocenters. The number of benzene rings is 1. The molecular weight excluding hydrogens is 390 g/mol. The van der Waals surface area contributed by atoms with Crippen LogP contribution in [0.15, 0.2) is 41.7 Å². The quantitative estimate of drug-likeness (QED) is 0.463. The number of hydrogen-bond acceptors (Lipinski definition) is 5. The molecule has 0 amide bonds. The van der Waals surface area contributed by atoms with Gasteiger partial charge in [-0.15, -0.1) is 10.2 Å². The van der Waals surface area contributed by atoms with Crippen molar-refractivity contribution in [1.29, 1.82) is 0 Å². The van der Waals surface area contributed by atoms with Crippen molar-refractivity contribution >= 4 is 5.96 Å². The molecule has 31 heavy (non-hydrogen) atoms. The fourth-order valence-corrected chi connectivity index (χ4v) is 3.56. The second-order valence-electron chi connectivity index (χ2n) is 7.94. The summed E-state index contributed by atoms with van der Waals surface area (Å²) in [7, 11) is 0. The fourth-order valence-electron chi connectivity index (χ4n) is 3.56. The molecule has 1 unspecified atom stereocenters. The summed E-state index contributed by atoms with van der Waals surface area (Å²) >= 11 is 0. The largest absolute Gasteiger partial charge is 0.492 e. The van der Waals surface area contributed by atoms with Crippen molar-refractivity contribution in [1.82, 2.24) is 29.9 Å². The van der Waals surface area contributed by atoms with Crippen molar-refractivity contribution in [2.45, 2.75) is 46.2 Å². The number of para-hydroxylation sites is 1. The van der Waals surface area contributed by atoms with Crippen LogP contribution >= 0.6 is 0 Å². The van der Waals surface area contributed by atoms with Crippen molar-refractivity contribution in [3.05, 3.63) is 42.5 Å². The summed E-state index contributed by atoms with van der Waals surface area (Å²) < 4.78 is 7.95. The van der Waals surface area contributed by atoms with Crippen molar-refractivity contribution < 1.29 is 4.74 Å². The molecule has 2 heterocycles. The van der Waals surface area contributed by atoms with Gasteiger partial charge in [-0.3, -0.25) is 9.89 Å². The lowest BCUT2D eigenvalue weighted by molar-refractivity contribution is 0.151. The average molecular weight is 428 g/mol. The Morgan fingerprint density at radius 1 is 1.13 bits per heavy atom. The Hall–Kier alpha value is -2.61. The molecule has 1 aromatic carbocycles. The summed E-state index contributed by atoms with van der Waals surface area (Å²) in [6.07, 6.45) is 3.76. The number of nitrogens with one attached hydrogen (secondary N) is 1. The molecule has 1 saturated heterocycles. The number of hydrogen-bond donors (Lipinski definition) is 1. The maximum Gasteiger partial charge on any atom is 0.194 e. The van der Waals surface area contributed by atoms with Crippen LogP contribution in [0.5, 0.6) is 5.75 Å². The molecule has 8 heteroatoms. The molecule has 0 aliphatic carbocycles. The lowest BCUT2D eigenvalue weighted by Gasteiger charge is -2.37. The fraction of sp³-hybridized carbons (Fsp3) is 0.609. The molecule has 1 N–H and O–H groups in total. The highest BCUT2D eigenvalue weighted by Crippen LogP contribution is 2.09. The molecule has 170 valence electrons. The first-order valence-electron chi connectivity index (χ1n) is 11.5. The van der Waals surface area contributed by atoms with Gasteiger partial charge in [-0.05, 0) is 25.5 Å². The van der Waals surface area contributed by atoms with Crippen LogP contribution in [0.4, 0.5) is 0 Å². The lowest BCUT2D eigenvalue weighted by Crippen LogP contribution is -2.54. The Kier molecular flexibility index (Phi) is 9.15. The van der Waals surface area contributed by atoms with Crippen molar-refractivity contribution in [2.24, 2.45) is 4.99 Å². The topological polar surface area (TPSA) is 70.8 Å². The number of aromatic nitrogens is 3. The second-order valence-corrected chi connectivity index (χ2v) is 7.94. The summed E-state index contributed by atoms with van der Waals surface area (Å²) in [6, 6.07) is 10.4. The minimum Gasteiger partial charge on any atom is -0.492 e. The van der Waals surface area contributed by atoms with E-state index < -0.39 is 0 Å². The molecule has 1 aliphatic heterocycles. The molecule has 8 nitrogen and oxygen atoms in total. The van der Waals surface area contributed by atoms with Gasteiger partial charge in [0.05, 0.1) is 6.54 Å². The SMILES string of the molecule is CCc1nncn1CCN=C(NC(C)CC)N1CCN(CCOc2ccccc2)CC1. The van der Waals surface area contributed by atoms with Crippen molar-refractivity contribution in [3.63, 3.8) is 0 Å². The van der Waals surface area contributed by atoms with Crippen LogP contribution in [0.25, 0.3) is 0 Å². The highest BCUT2D eigenvalue weighted by molar-refractivity contribution is 5.80. The molecule has 3 rings (SSSR count). The zero-order chi connectivity index (χ0) is 21.9. The predicted molar refractivity (Wildman–Crippen MR) is 125 cm³/mol. The maximum atomic E-state index is 5.85. The first-order valence-corrected chi connectivity index (χ1v) is 11.5. The predicted octanol–water partition coefficient (Wildman–Crippen LogP) is 2.28. The van der Waals surface area contributed by atoms with Crippen molar-refractivity contribution in [2.75, 3.05) is 45.9 Å². The third-order valence-corrected chi connectivity index (χ3v) is 5.69. The highest BCUT2D eigenvalue weighted by Gasteiger charge is 2.20. The summed E-state index contributed by atoms with van der Waals surface area (Å²) in [5.41, 5.74) is 0. The van der Waals surface area contributed by atoms with Crippen LogP contribution in [0.1, 0.15) is 33.0 Å². The standard InChI is InChI=1S/C23H37N7O/c1-4-20(3)26-23(24-11-12-30-19-25-27-22(30)5-2)29-15-13-28(14-16-29)17-18-31-21-9-7-6-8-10-21/h6-10,19-20H,4-5,11-18H2,1-3H3,(H,24,26). The van der Waals surface area contributed by atoms with E-state index in [9.17, 15) is 0 Å². The van der Waals surface area contributed by atoms with E-state index in [0.717, 1.165) is 82.8 Å². The van der Waals surface area contributed by atoms with Gasteiger partial charge in [-0.1, -0.05) is 32.0 Å². The van der Waals surface area contributed by atoms with E-state index in [1.54, 1.807) is 6.33 Å². The Bertz CT molecular complexity index is 784. The summed E-state index contributed by atoms with van der Waals surface area (Å²) in [5.74, 6) is 2.96. The zero-order valence-corrected chi connectivity index (χ0v) is 19.2. The molecule has 0 spiro atoms. The molecular formula is C23H37N7O. The maximum absolute atomic E-state index is 5.85. The van der Waals surface area contributed by atoms with Crippen LogP contribution < -0.4 is 10.1 Å². The molecule has 1 aromatic heterocycles. The van der Waals surface area contributed by atoms with E-state index >= 15 is 0 Å². The Morgan fingerprint density at radius 3 is 2.61 bits per heavy atom. The monoisotopic (exact) mass is 427 g/mol. The first kappa shape index (κ1) is 23.1. The van der Waals surface area contributed by atoms with Crippen LogP contribution in [0.3, 0.4) is 0 Å². The molecule has 2 aromatic rings. The van der Waals surface area contributed by atoms with Gasteiger partial charge in [0.15, 0.2) is 5.96 Å². The third kappa shape index (κ3) is 7.24. The number of ether oxygens (including phenoxy) is 1. The van der Waals surface area contributed by atoms with Gasteiger partial charge in [0, 0.05) is 51.7 Å². The van der Waals surface area contributed by atoms with Gasteiger partial charge >= 0.3 is 0 Å². The molecule has 1 aliphatic rings. The van der Waals surface area contributed by atoms with Gasteiger partial charge < -0.3 is 19.5 Å². The molecule has 0 saturated carbocycles. The summed E-state index contributed by atoms with van der Waals surface area (Å²) in [6.45, 7) is 13.7. The minimum absolute atomic E-state index is 0.400. The number of guanidine groups is 1. The smallest absolute Gasteiger partial charge is 0.194 e. The summed E-state index contributed by atoms with van der Waals surface area (Å²) in [4.78, 5) is 9.77. The van der Waals surface area contributed by atoms with Crippen LogP contribution in [-0.2, 0) is 13.0 Å². The Balaban J connectivity index is 1.48. The number of aryl methyl sites for hydroxylation is 1. The number of nitrogens with zero attached hydrogens (tertiary/aromatic N) is 6. The van der Waals surface area contributed by atoms with E-state index in [2.05, 4.69) is 50.7 Å². The van der Waals surface area contributed by atoms with Gasteiger partial charge in [0.1, 0.15) is 24.5 Å². The van der Waals surface area contributed by atoms with E-state index in [1.807, 2.05) is 30.3 Å². The second kappa shape index (κ2) is 12.3. The Labute approximate surface area is 186 Å². The normalized spacial score (nSPS) is 16.4. The average Bonchev–Trinajstić information content (AvgIpc) is 3.27. The number of rotatable bonds is 10. The van der Waals surface area contributed by atoms with E-state index in [4.69, 9.17) is 9.73 Å². The van der Waals surface area contributed by atoms with Crippen LogP contribution in [-0.4, -0.2) is 82.4 Å². The van der Waals surface area contributed by atoms with E-state index in [1.165, 1.54) is 0 Å². The third-order valence-electron chi connectivity index (χ3n) is 5.69. The molecule has 0 bridgehead atoms. The highest BCUT2D eigenvalue weighted by atomic mass is 16.5. The van der Waals surface area contributed by atoms with Crippen LogP contribution in [0, 0.1) is 0 Å².